The molecule has 0 radical (unpaired) electrons. The molecular formula is C14H12Cl4N2O2S. The van der Waals surface area contributed by atoms with Crippen LogP contribution >= 0.6 is 58.5 Å². The van der Waals surface area contributed by atoms with Crippen LogP contribution in [0.1, 0.15) is 18.2 Å². The van der Waals surface area contributed by atoms with Crippen LogP contribution in [0, 0.1) is 0 Å². The third-order valence-corrected chi connectivity index (χ3v) is 4.48. The van der Waals surface area contributed by atoms with Crippen molar-refractivity contribution in [1.29, 1.82) is 0 Å². The van der Waals surface area contributed by atoms with E-state index in [1.807, 2.05) is 0 Å². The minimum Gasteiger partial charge on any atom is -0.462 e. The third kappa shape index (κ3) is 4.75. The molecule has 2 rings (SSSR count). The lowest BCUT2D eigenvalue weighted by molar-refractivity contribution is -0.136. The van der Waals surface area contributed by atoms with Gasteiger partial charge in [-0.05, 0) is 25.1 Å². The molecule has 0 aliphatic rings. The zero-order chi connectivity index (χ0) is 16.3. The Bertz CT molecular complexity index is 746. The molecule has 0 amide bonds. The summed E-state index contributed by atoms with van der Waals surface area (Å²) in [6, 6.07) is 3.17. The lowest BCUT2D eigenvalue weighted by Gasteiger charge is -2.08. The predicted octanol–water partition coefficient (Wildman–Crippen LogP) is 5.21. The number of hydrogen-bond donors (Lipinski definition) is 1. The van der Waals surface area contributed by atoms with Gasteiger partial charge >= 0.3 is 5.97 Å². The normalized spacial score (nSPS) is 11.0. The highest BCUT2D eigenvalue weighted by atomic mass is 35.5. The van der Waals surface area contributed by atoms with Crippen molar-refractivity contribution >= 4 is 81.3 Å². The number of nitrogens with zero attached hydrogens (tertiary/aromatic N) is 1. The quantitative estimate of drug-likeness (QED) is 0.424. The van der Waals surface area contributed by atoms with Crippen molar-refractivity contribution in [3.05, 3.63) is 43.8 Å². The highest BCUT2D eigenvalue weighted by molar-refractivity contribution is 7.13. The Kier molecular flexibility index (Phi) is 7.64. The number of rotatable bonds is 4. The Labute approximate surface area is 158 Å². The zero-order valence-electron chi connectivity index (χ0n) is 11.8. The molecule has 0 bridgehead atoms. The number of carbonyl (C=O) groups excluding carboxylic acids is 1. The molecule has 4 nitrogen and oxygen atoms in total. The van der Waals surface area contributed by atoms with E-state index in [2.05, 4.69) is 4.98 Å². The average Bonchev–Trinajstić information content (AvgIpc) is 2.90. The number of benzene rings is 1. The number of esters is 1. The van der Waals surface area contributed by atoms with Gasteiger partial charge in [-0.2, -0.15) is 0 Å². The summed E-state index contributed by atoms with van der Waals surface area (Å²) in [7, 11) is 0. The SMILES string of the molecule is CCOC(=O)C(=Cc1c(Cl)ccc(Cl)c1Cl)c1csc(N)n1.Cl. The summed E-state index contributed by atoms with van der Waals surface area (Å²) in [5, 5.41) is 2.94. The fourth-order valence-electron chi connectivity index (χ4n) is 1.68. The van der Waals surface area contributed by atoms with Gasteiger partial charge in [-0.1, -0.05) is 34.8 Å². The van der Waals surface area contributed by atoms with E-state index < -0.39 is 5.97 Å². The summed E-state index contributed by atoms with van der Waals surface area (Å²) in [6.45, 7) is 1.94. The predicted molar refractivity (Wildman–Crippen MR) is 99.8 cm³/mol. The van der Waals surface area contributed by atoms with Crippen LogP contribution in [-0.4, -0.2) is 17.6 Å². The molecule has 0 spiro atoms. The van der Waals surface area contributed by atoms with Gasteiger partial charge in [0.05, 0.1) is 27.9 Å². The summed E-state index contributed by atoms with van der Waals surface area (Å²) in [5.41, 5.74) is 6.65. The van der Waals surface area contributed by atoms with Gasteiger partial charge in [-0.3, -0.25) is 0 Å². The number of thiazole rings is 1. The lowest BCUT2D eigenvalue weighted by Crippen LogP contribution is -2.07. The maximum Gasteiger partial charge on any atom is 0.340 e. The summed E-state index contributed by atoms with van der Waals surface area (Å²) in [6.07, 6.45) is 1.50. The van der Waals surface area contributed by atoms with Crippen LogP contribution in [0.2, 0.25) is 15.1 Å². The highest BCUT2D eigenvalue weighted by Gasteiger charge is 2.18. The molecule has 23 heavy (non-hydrogen) atoms. The van der Waals surface area contributed by atoms with Crippen molar-refractivity contribution in [3.8, 4) is 0 Å². The van der Waals surface area contributed by atoms with Crippen LogP contribution in [0.25, 0.3) is 11.6 Å². The Morgan fingerprint density at radius 3 is 2.57 bits per heavy atom. The topological polar surface area (TPSA) is 65.2 Å². The van der Waals surface area contributed by atoms with Gasteiger partial charge in [0.1, 0.15) is 0 Å². The van der Waals surface area contributed by atoms with Crippen LogP contribution in [0.5, 0.6) is 0 Å². The maximum atomic E-state index is 12.2. The van der Waals surface area contributed by atoms with Gasteiger partial charge in [0, 0.05) is 16.0 Å². The third-order valence-electron chi connectivity index (χ3n) is 2.66. The summed E-state index contributed by atoms with van der Waals surface area (Å²) in [5.74, 6) is -0.542. The second-order valence-electron chi connectivity index (χ2n) is 4.11. The van der Waals surface area contributed by atoms with Crippen molar-refractivity contribution in [2.24, 2.45) is 0 Å². The smallest absolute Gasteiger partial charge is 0.340 e. The molecule has 0 unspecified atom stereocenters. The first kappa shape index (κ1) is 20.1. The molecule has 1 aromatic carbocycles. The van der Waals surface area contributed by atoms with Gasteiger partial charge < -0.3 is 10.5 Å². The first-order valence-corrected chi connectivity index (χ1v) is 8.19. The summed E-state index contributed by atoms with van der Waals surface area (Å²) < 4.78 is 5.05. The van der Waals surface area contributed by atoms with E-state index in [1.165, 1.54) is 17.4 Å². The Hall–Kier alpha value is -0.980. The molecule has 2 aromatic rings. The molecule has 0 aliphatic carbocycles. The van der Waals surface area contributed by atoms with E-state index in [4.69, 9.17) is 45.3 Å². The zero-order valence-corrected chi connectivity index (χ0v) is 15.7. The molecule has 1 heterocycles. The Morgan fingerprint density at radius 2 is 2.00 bits per heavy atom. The minimum atomic E-state index is -0.542. The largest absolute Gasteiger partial charge is 0.462 e. The number of nitrogen functional groups attached to an aromatic ring is 1. The average molecular weight is 414 g/mol. The molecule has 2 N–H and O–H groups in total. The van der Waals surface area contributed by atoms with E-state index in [9.17, 15) is 4.79 Å². The second kappa shape index (κ2) is 8.76. The number of aromatic nitrogens is 1. The summed E-state index contributed by atoms with van der Waals surface area (Å²) in [4.78, 5) is 16.3. The van der Waals surface area contributed by atoms with E-state index in [-0.39, 0.29) is 29.6 Å². The van der Waals surface area contributed by atoms with Gasteiger partial charge in [0.25, 0.3) is 0 Å². The molecule has 9 heteroatoms. The molecule has 0 saturated carbocycles. The number of anilines is 1. The molecule has 0 saturated heterocycles. The van der Waals surface area contributed by atoms with Gasteiger partial charge in [0.2, 0.25) is 0 Å². The van der Waals surface area contributed by atoms with Gasteiger partial charge in [0.15, 0.2) is 5.13 Å². The van der Waals surface area contributed by atoms with Crippen LogP contribution in [-0.2, 0) is 9.53 Å². The number of nitrogens with two attached hydrogens (primary N) is 1. The van der Waals surface area contributed by atoms with Crippen molar-refractivity contribution in [2.45, 2.75) is 6.92 Å². The minimum absolute atomic E-state index is 0. The number of hydrogen-bond acceptors (Lipinski definition) is 5. The van der Waals surface area contributed by atoms with Crippen molar-refractivity contribution in [1.82, 2.24) is 4.98 Å². The second-order valence-corrected chi connectivity index (χ2v) is 6.19. The van der Waals surface area contributed by atoms with Crippen molar-refractivity contribution in [2.75, 3.05) is 12.3 Å². The van der Waals surface area contributed by atoms with Crippen molar-refractivity contribution in [3.63, 3.8) is 0 Å². The van der Waals surface area contributed by atoms with Gasteiger partial charge in [-0.15, -0.1) is 23.7 Å². The lowest BCUT2D eigenvalue weighted by atomic mass is 10.1. The van der Waals surface area contributed by atoms with Crippen LogP contribution in [0.4, 0.5) is 5.13 Å². The van der Waals surface area contributed by atoms with E-state index >= 15 is 0 Å². The number of ether oxygens (including phenoxy) is 1. The van der Waals surface area contributed by atoms with Crippen LogP contribution in [0.3, 0.4) is 0 Å². The first-order chi connectivity index (χ1) is 10.4. The number of halogens is 4. The Morgan fingerprint density at radius 1 is 1.35 bits per heavy atom. The summed E-state index contributed by atoms with van der Waals surface area (Å²) >= 11 is 19.5. The van der Waals surface area contributed by atoms with Crippen LogP contribution in [0.15, 0.2) is 17.5 Å². The monoisotopic (exact) mass is 412 g/mol. The molecule has 0 atom stereocenters. The van der Waals surface area contributed by atoms with E-state index in [1.54, 1.807) is 24.4 Å². The first-order valence-electron chi connectivity index (χ1n) is 6.17. The van der Waals surface area contributed by atoms with Crippen LogP contribution < -0.4 is 5.73 Å². The molecule has 124 valence electrons. The molecular weight excluding hydrogens is 402 g/mol. The maximum absolute atomic E-state index is 12.2. The van der Waals surface area contributed by atoms with Crippen molar-refractivity contribution < 1.29 is 9.53 Å². The molecule has 1 aromatic heterocycles. The van der Waals surface area contributed by atoms with E-state index in [0.717, 1.165) is 0 Å². The Balaban J connectivity index is 0.00000264. The standard InChI is InChI=1S/C14H11Cl3N2O2S.ClH/c1-2-21-13(20)8(11-6-22-14(18)19-11)5-7-9(15)3-4-10(16)12(7)17;/h3-6H,2H2,1H3,(H2,18,19);1H. The van der Waals surface area contributed by atoms with Gasteiger partial charge in [-0.25, -0.2) is 9.78 Å². The molecule has 0 fully saturated rings. The van der Waals surface area contributed by atoms with E-state index in [0.29, 0.717) is 26.4 Å². The highest BCUT2D eigenvalue weighted by Crippen LogP contribution is 2.34. The fourth-order valence-corrected chi connectivity index (χ4v) is 2.88. The fraction of sp³-hybridized carbons (Fsp3) is 0.143. The number of carbonyl (C=O) groups is 1. The molecule has 0 aliphatic heterocycles.